The first-order chi connectivity index (χ1) is 10.2. The number of nitriles is 1. The Morgan fingerprint density at radius 3 is 2.48 bits per heavy atom. The van der Waals surface area contributed by atoms with E-state index in [9.17, 15) is 5.26 Å². The van der Waals surface area contributed by atoms with Gasteiger partial charge in [0.2, 0.25) is 0 Å². The van der Waals surface area contributed by atoms with Crippen molar-refractivity contribution in [2.24, 2.45) is 5.92 Å². The van der Waals surface area contributed by atoms with Crippen molar-refractivity contribution in [1.82, 2.24) is 10.2 Å². The molecule has 0 aromatic carbocycles. The van der Waals surface area contributed by atoms with Gasteiger partial charge in [-0.25, -0.2) is 0 Å². The molecule has 1 saturated carbocycles. The minimum Gasteiger partial charge on any atom is -0.385 e. The molecule has 1 atom stereocenters. The van der Waals surface area contributed by atoms with Crippen LogP contribution in [0.2, 0.25) is 0 Å². The molecule has 1 unspecified atom stereocenters. The van der Waals surface area contributed by atoms with Crippen LogP contribution < -0.4 is 5.32 Å². The van der Waals surface area contributed by atoms with Crippen LogP contribution in [-0.2, 0) is 9.47 Å². The molecular weight excluding hydrogens is 266 g/mol. The van der Waals surface area contributed by atoms with Crippen molar-refractivity contribution in [3.05, 3.63) is 0 Å². The standard InChI is InChI=1S/C16H31N3O2/c1-4-8-18-16(13-17,15-6-7-15)14-19(10-12-21-3)9-5-11-20-2/h15,18H,4-12,14H2,1-3H3. The molecule has 0 aromatic rings. The van der Waals surface area contributed by atoms with Crippen molar-refractivity contribution in [3.63, 3.8) is 0 Å². The van der Waals surface area contributed by atoms with Crippen LogP contribution in [0, 0.1) is 17.2 Å². The smallest absolute Gasteiger partial charge is 0.122 e. The maximum absolute atomic E-state index is 9.76. The highest BCUT2D eigenvalue weighted by Gasteiger charge is 2.46. The first-order valence-corrected chi connectivity index (χ1v) is 8.09. The molecule has 122 valence electrons. The van der Waals surface area contributed by atoms with E-state index in [1.807, 2.05) is 0 Å². The van der Waals surface area contributed by atoms with E-state index < -0.39 is 5.54 Å². The van der Waals surface area contributed by atoms with E-state index in [1.54, 1.807) is 14.2 Å². The molecule has 0 aromatic heterocycles. The van der Waals surface area contributed by atoms with Gasteiger partial charge in [-0.15, -0.1) is 0 Å². The Morgan fingerprint density at radius 1 is 1.24 bits per heavy atom. The SMILES string of the molecule is CCCNC(C#N)(CN(CCCOC)CCOC)C1CC1. The lowest BCUT2D eigenvalue weighted by atomic mass is 9.93. The van der Waals surface area contributed by atoms with Crippen molar-refractivity contribution in [2.45, 2.75) is 38.1 Å². The number of ether oxygens (including phenoxy) is 2. The van der Waals surface area contributed by atoms with E-state index in [-0.39, 0.29) is 0 Å². The van der Waals surface area contributed by atoms with E-state index in [1.165, 1.54) is 12.8 Å². The summed E-state index contributed by atoms with van der Waals surface area (Å²) in [7, 11) is 3.45. The summed E-state index contributed by atoms with van der Waals surface area (Å²) in [6, 6.07) is 2.58. The summed E-state index contributed by atoms with van der Waals surface area (Å²) in [6.07, 6.45) is 4.37. The molecule has 1 aliphatic carbocycles. The van der Waals surface area contributed by atoms with Gasteiger partial charge in [0.15, 0.2) is 0 Å². The van der Waals surface area contributed by atoms with Crippen molar-refractivity contribution in [1.29, 1.82) is 5.26 Å². The second-order valence-electron chi connectivity index (χ2n) is 5.90. The molecule has 1 fully saturated rings. The van der Waals surface area contributed by atoms with Crippen LogP contribution in [0.1, 0.15) is 32.6 Å². The third-order valence-electron chi connectivity index (χ3n) is 4.07. The van der Waals surface area contributed by atoms with Crippen LogP contribution in [0.25, 0.3) is 0 Å². The summed E-state index contributed by atoms with van der Waals surface area (Å²) in [6.45, 7) is 7.10. The largest absolute Gasteiger partial charge is 0.385 e. The average molecular weight is 297 g/mol. The molecule has 1 aliphatic rings. The fourth-order valence-electron chi connectivity index (χ4n) is 2.70. The highest BCUT2D eigenvalue weighted by Crippen LogP contribution is 2.40. The summed E-state index contributed by atoms with van der Waals surface area (Å²) in [5, 5.41) is 13.3. The van der Waals surface area contributed by atoms with Crippen LogP contribution in [0.15, 0.2) is 0 Å². The van der Waals surface area contributed by atoms with E-state index in [0.717, 1.165) is 45.6 Å². The molecule has 0 saturated heterocycles. The molecule has 5 heteroatoms. The quantitative estimate of drug-likeness (QED) is 0.524. The zero-order valence-electron chi connectivity index (χ0n) is 13.9. The second kappa shape index (κ2) is 10.1. The molecule has 0 heterocycles. The third-order valence-corrected chi connectivity index (χ3v) is 4.07. The lowest BCUT2D eigenvalue weighted by Gasteiger charge is -2.34. The van der Waals surface area contributed by atoms with Crippen molar-refractivity contribution in [2.75, 3.05) is 53.6 Å². The maximum atomic E-state index is 9.76. The van der Waals surface area contributed by atoms with Crippen LogP contribution in [0.3, 0.4) is 0 Å². The number of methoxy groups -OCH3 is 2. The molecular formula is C16H31N3O2. The van der Waals surface area contributed by atoms with Gasteiger partial charge in [-0.3, -0.25) is 10.2 Å². The molecule has 0 aliphatic heterocycles. The Bertz CT molecular complexity index is 315. The Morgan fingerprint density at radius 2 is 1.95 bits per heavy atom. The third kappa shape index (κ3) is 6.31. The Hall–Kier alpha value is -0.670. The minimum absolute atomic E-state index is 0.392. The predicted octanol–water partition coefficient (Wildman–Crippen LogP) is 1.64. The van der Waals surface area contributed by atoms with Crippen LogP contribution in [-0.4, -0.2) is 64.1 Å². The van der Waals surface area contributed by atoms with Crippen LogP contribution >= 0.6 is 0 Å². The molecule has 0 bridgehead atoms. The lowest BCUT2D eigenvalue weighted by molar-refractivity contribution is 0.114. The highest BCUT2D eigenvalue weighted by molar-refractivity contribution is 5.16. The zero-order chi connectivity index (χ0) is 15.6. The fourth-order valence-corrected chi connectivity index (χ4v) is 2.70. The molecule has 1 rings (SSSR count). The topological polar surface area (TPSA) is 57.5 Å². The monoisotopic (exact) mass is 297 g/mol. The van der Waals surface area contributed by atoms with E-state index in [0.29, 0.717) is 12.5 Å². The number of nitrogens with one attached hydrogen (secondary N) is 1. The molecule has 1 N–H and O–H groups in total. The van der Waals surface area contributed by atoms with Gasteiger partial charge in [0, 0.05) is 40.5 Å². The van der Waals surface area contributed by atoms with E-state index in [2.05, 4.69) is 23.2 Å². The van der Waals surface area contributed by atoms with Crippen LogP contribution in [0.4, 0.5) is 0 Å². The molecule has 0 spiro atoms. The predicted molar refractivity (Wildman–Crippen MR) is 84.2 cm³/mol. The van der Waals surface area contributed by atoms with Crippen molar-refractivity contribution >= 4 is 0 Å². The Balaban J connectivity index is 2.62. The van der Waals surface area contributed by atoms with Crippen LogP contribution in [0.5, 0.6) is 0 Å². The van der Waals surface area contributed by atoms with Gasteiger partial charge in [-0.05, 0) is 38.1 Å². The van der Waals surface area contributed by atoms with Crippen molar-refractivity contribution < 1.29 is 9.47 Å². The Kier molecular flexibility index (Phi) is 8.86. The number of nitrogens with zero attached hydrogens (tertiary/aromatic N) is 2. The summed E-state index contributed by atoms with van der Waals surface area (Å²) in [5.74, 6) is 0.501. The number of rotatable bonds is 13. The van der Waals surface area contributed by atoms with Gasteiger partial charge in [0.25, 0.3) is 0 Å². The highest BCUT2D eigenvalue weighted by atomic mass is 16.5. The maximum Gasteiger partial charge on any atom is 0.122 e. The first kappa shape index (κ1) is 18.4. The van der Waals surface area contributed by atoms with Gasteiger partial charge in [0.1, 0.15) is 5.54 Å². The van der Waals surface area contributed by atoms with E-state index >= 15 is 0 Å². The van der Waals surface area contributed by atoms with Gasteiger partial charge in [0.05, 0.1) is 12.7 Å². The lowest BCUT2D eigenvalue weighted by Crippen LogP contribution is -2.55. The van der Waals surface area contributed by atoms with Gasteiger partial charge < -0.3 is 9.47 Å². The normalized spacial score (nSPS) is 17.7. The van der Waals surface area contributed by atoms with Gasteiger partial charge in [-0.2, -0.15) is 5.26 Å². The number of hydrogen-bond donors (Lipinski definition) is 1. The van der Waals surface area contributed by atoms with Crippen molar-refractivity contribution in [3.8, 4) is 6.07 Å². The summed E-state index contributed by atoms with van der Waals surface area (Å²) in [4.78, 5) is 2.34. The summed E-state index contributed by atoms with van der Waals surface area (Å²) in [5.41, 5.74) is -0.392. The zero-order valence-corrected chi connectivity index (χ0v) is 13.9. The van der Waals surface area contributed by atoms with Gasteiger partial charge >= 0.3 is 0 Å². The van der Waals surface area contributed by atoms with E-state index in [4.69, 9.17) is 9.47 Å². The molecule has 5 nitrogen and oxygen atoms in total. The second-order valence-corrected chi connectivity index (χ2v) is 5.90. The summed E-state index contributed by atoms with van der Waals surface area (Å²) >= 11 is 0. The van der Waals surface area contributed by atoms with Gasteiger partial charge in [-0.1, -0.05) is 6.92 Å². The molecule has 0 amide bonds. The summed E-state index contributed by atoms with van der Waals surface area (Å²) < 4.78 is 10.3. The first-order valence-electron chi connectivity index (χ1n) is 8.09. The fraction of sp³-hybridized carbons (Fsp3) is 0.938. The average Bonchev–Trinajstić information content (AvgIpc) is 3.34. The number of hydrogen-bond acceptors (Lipinski definition) is 5. The Labute approximate surface area is 129 Å². The minimum atomic E-state index is -0.392. The molecule has 21 heavy (non-hydrogen) atoms. The molecule has 0 radical (unpaired) electrons.